The molecule has 1 unspecified atom stereocenters. The van der Waals surface area contributed by atoms with Crippen LogP contribution in [-0.4, -0.2) is 24.0 Å². The molecule has 13 heavy (non-hydrogen) atoms. The summed E-state index contributed by atoms with van der Waals surface area (Å²) in [4.78, 5) is 20.7. The molecule has 0 heterocycles. The van der Waals surface area contributed by atoms with Crippen LogP contribution in [-0.2, 0) is 9.59 Å². The third-order valence-electron chi connectivity index (χ3n) is 0.970. The largest absolute Gasteiger partial charge is 0.472 e. The molecule has 0 bridgehead atoms. The molecular formula is C5H8F3N3O2. The highest BCUT2D eigenvalue weighted by Gasteiger charge is 2.38. The Morgan fingerprint density at radius 1 is 1.31 bits per heavy atom. The number of carbonyl (C=O) groups excluding carboxylic acids is 2. The van der Waals surface area contributed by atoms with E-state index < -0.39 is 24.0 Å². The topological polar surface area (TPSA) is 84.2 Å². The maximum Gasteiger partial charge on any atom is 0.472 e. The van der Waals surface area contributed by atoms with Gasteiger partial charge in [0.25, 0.3) is 5.91 Å². The van der Waals surface area contributed by atoms with Crippen LogP contribution in [0, 0.1) is 0 Å². The van der Waals surface area contributed by atoms with Crippen molar-refractivity contribution in [1.29, 1.82) is 0 Å². The number of nitrogens with one attached hydrogen (secondary N) is 2. The van der Waals surface area contributed by atoms with Crippen molar-refractivity contribution in [3.05, 3.63) is 0 Å². The van der Waals surface area contributed by atoms with Crippen molar-refractivity contribution >= 4 is 11.8 Å². The Morgan fingerprint density at radius 3 is 2.08 bits per heavy atom. The summed E-state index contributed by atoms with van der Waals surface area (Å²) in [7, 11) is 0. The van der Waals surface area contributed by atoms with Crippen molar-refractivity contribution in [3.8, 4) is 0 Å². The summed E-state index contributed by atoms with van der Waals surface area (Å²) in [6.07, 6.45) is -5.02. The lowest BCUT2D eigenvalue weighted by atomic mass is 10.3. The zero-order valence-corrected chi connectivity index (χ0v) is 6.61. The molecule has 2 amide bonds. The van der Waals surface area contributed by atoms with Gasteiger partial charge in [0.05, 0.1) is 6.04 Å². The van der Waals surface area contributed by atoms with Gasteiger partial charge >= 0.3 is 12.1 Å². The van der Waals surface area contributed by atoms with Crippen molar-refractivity contribution in [1.82, 2.24) is 10.9 Å². The molecule has 1 atom stereocenters. The van der Waals surface area contributed by atoms with Crippen LogP contribution >= 0.6 is 0 Å². The number of hydrogen-bond donors (Lipinski definition) is 3. The van der Waals surface area contributed by atoms with Crippen LogP contribution < -0.4 is 16.6 Å². The third-order valence-corrected chi connectivity index (χ3v) is 0.970. The zero-order valence-electron chi connectivity index (χ0n) is 6.61. The minimum Gasteiger partial charge on any atom is -0.320 e. The summed E-state index contributed by atoms with van der Waals surface area (Å²) >= 11 is 0. The smallest absolute Gasteiger partial charge is 0.320 e. The summed E-state index contributed by atoms with van der Waals surface area (Å²) in [5.74, 6) is -3.15. The van der Waals surface area contributed by atoms with Gasteiger partial charge in [0, 0.05) is 0 Å². The average Bonchev–Trinajstić information content (AvgIpc) is 1.97. The Morgan fingerprint density at radius 2 is 1.77 bits per heavy atom. The number of alkyl halides is 3. The molecule has 0 fully saturated rings. The fraction of sp³-hybridized carbons (Fsp3) is 0.600. The van der Waals surface area contributed by atoms with Crippen LogP contribution in [0.5, 0.6) is 0 Å². The number of hydrogen-bond acceptors (Lipinski definition) is 3. The quantitative estimate of drug-likeness (QED) is 0.476. The highest BCUT2D eigenvalue weighted by atomic mass is 19.4. The van der Waals surface area contributed by atoms with E-state index in [1.165, 1.54) is 12.3 Å². The molecule has 0 aliphatic carbocycles. The molecular weight excluding hydrogens is 191 g/mol. The SMILES string of the molecule is CC(N)C(=O)NNC(=O)C(F)(F)F. The maximum absolute atomic E-state index is 11.5. The van der Waals surface area contributed by atoms with Gasteiger partial charge in [-0.2, -0.15) is 13.2 Å². The Kier molecular flexibility index (Phi) is 3.67. The molecule has 0 aromatic carbocycles. The second-order valence-electron chi connectivity index (χ2n) is 2.23. The molecule has 0 saturated carbocycles. The number of rotatable bonds is 1. The van der Waals surface area contributed by atoms with Gasteiger partial charge in [-0.15, -0.1) is 0 Å². The summed E-state index contributed by atoms with van der Waals surface area (Å²) in [5.41, 5.74) is 7.65. The van der Waals surface area contributed by atoms with E-state index in [2.05, 4.69) is 0 Å². The normalized spacial score (nSPS) is 13.3. The molecule has 8 heteroatoms. The molecule has 0 spiro atoms. The number of halogens is 3. The summed E-state index contributed by atoms with van der Waals surface area (Å²) in [6, 6.07) is -0.992. The van der Waals surface area contributed by atoms with Gasteiger partial charge in [-0.1, -0.05) is 0 Å². The van der Waals surface area contributed by atoms with E-state index >= 15 is 0 Å². The van der Waals surface area contributed by atoms with Gasteiger partial charge in [0.2, 0.25) is 0 Å². The van der Waals surface area contributed by atoms with Crippen LogP contribution in [0.25, 0.3) is 0 Å². The standard InChI is InChI=1S/C5H8F3N3O2/c1-2(9)3(12)10-11-4(13)5(6,7)8/h2H,9H2,1H3,(H,10,12)(H,11,13). The number of hydrazine groups is 1. The predicted octanol–water partition coefficient (Wildman–Crippen LogP) is -0.957. The van der Waals surface area contributed by atoms with Crippen molar-refractivity contribution in [3.63, 3.8) is 0 Å². The Labute approximate surface area is 71.4 Å². The first-order valence-corrected chi connectivity index (χ1v) is 3.17. The Hall–Kier alpha value is -1.31. The van der Waals surface area contributed by atoms with Gasteiger partial charge in [-0.3, -0.25) is 20.4 Å². The molecule has 76 valence electrons. The van der Waals surface area contributed by atoms with E-state index in [-0.39, 0.29) is 0 Å². The Bertz CT molecular complexity index is 214. The second kappa shape index (κ2) is 4.08. The highest BCUT2D eigenvalue weighted by molar-refractivity contribution is 5.86. The molecule has 0 radical (unpaired) electrons. The van der Waals surface area contributed by atoms with Crippen LogP contribution in [0.2, 0.25) is 0 Å². The van der Waals surface area contributed by atoms with E-state index in [0.717, 1.165) is 5.43 Å². The minimum atomic E-state index is -5.02. The molecule has 0 aromatic heterocycles. The van der Waals surface area contributed by atoms with Crippen LogP contribution in [0.3, 0.4) is 0 Å². The fourth-order valence-corrected chi connectivity index (χ4v) is 0.303. The van der Waals surface area contributed by atoms with Crippen molar-refractivity contribution in [2.24, 2.45) is 5.73 Å². The van der Waals surface area contributed by atoms with E-state index in [0.29, 0.717) is 0 Å². The first-order valence-electron chi connectivity index (χ1n) is 3.17. The highest BCUT2D eigenvalue weighted by Crippen LogP contribution is 2.13. The van der Waals surface area contributed by atoms with E-state index in [4.69, 9.17) is 5.73 Å². The van der Waals surface area contributed by atoms with Gasteiger partial charge < -0.3 is 5.73 Å². The molecule has 0 aliphatic heterocycles. The lowest BCUT2D eigenvalue weighted by Gasteiger charge is -2.10. The molecule has 0 rings (SSSR count). The summed E-state index contributed by atoms with van der Waals surface area (Å²) < 4.78 is 34.5. The van der Waals surface area contributed by atoms with Gasteiger partial charge in [0.1, 0.15) is 0 Å². The van der Waals surface area contributed by atoms with E-state index in [1.807, 2.05) is 0 Å². The summed E-state index contributed by atoms with van der Waals surface area (Å²) in [6.45, 7) is 1.26. The number of nitrogens with two attached hydrogens (primary N) is 1. The lowest BCUT2D eigenvalue weighted by molar-refractivity contribution is -0.175. The van der Waals surface area contributed by atoms with Crippen LogP contribution in [0.1, 0.15) is 6.92 Å². The number of carbonyl (C=O) groups is 2. The minimum absolute atomic E-state index is 0.905. The second-order valence-corrected chi connectivity index (χ2v) is 2.23. The average molecular weight is 199 g/mol. The predicted molar refractivity (Wildman–Crippen MR) is 36.0 cm³/mol. The van der Waals surface area contributed by atoms with Crippen LogP contribution in [0.4, 0.5) is 13.2 Å². The molecule has 0 saturated heterocycles. The molecule has 5 nitrogen and oxygen atoms in total. The third kappa shape index (κ3) is 4.31. The zero-order chi connectivity index (χ0) is 10.6. The van der Waals surface area contributed by atoms with Crippen LogP contribution in [0.15, 0.2) is 0 Å². The monoisotopic (exact) mass is 199 g/mol. The van der Waals surface area contributed by atoms with E-state index in [9.17, 15) is 22.8 Å². The summed E-state index contributed by atoms with van der Waals surface area (Å²) in [5, 5.41) is 0. The van der Waals surface area contributed by atoms with E-state index in [1.54, 1.807) is 0 Å². The molecule has 4 N–H and O–H groups in total. The fourth-order valence-electron chi connectivity index (χ4n) is 0.303. The molecule has 0 aromatic rings. The molecule has 0 aliphatic rings. The van der Waals surface area contributed by atoms with Gasteiger partial charge in [0.15, 0.2) is 0 Å². The van der Waals surface area contributed by atoms with Gasteiger partial charge in [-0.25, -0.2) is 0 Å². The number of amides is 2. The first kappa shape index (κ1) is 11.7. The maximum atomic E-state index is 11.5. The Balaban J connectivity index is 3.92. The van der Waals surface area contributed by atoms with Crippen molar-refractivity contribution in [2.45, 2.75) is 19.1 Å². The first-order chi connectivity index (χ1) is 5.75. The lowest BCUT2D eigenvalue weighted by Crippen LogP contribution is -2.51. The van der Waals surface area contributed by atoms with Crippen molar-refractivity contribution in [2.75, 3.05) is 0 Å². The van der Waals surface area contributed by atoms with Gasteiger partial charge in [-0.05, 0) is 6.92 Å². The van der Waals surface area contributed by atoms with Crippen molar-refractivity contribution < 1.29 is 22.8 Å².